The Morgan fingerprint density at radius 3 is 2.33 bits per heavy atom. The molecule has 0 saturated carbocycles. The number of sulfonamides is 1. The van der Waals surface area contributed by atoms with Gasteiger partial charge < -0.3 is 18.8 Å². The van der Waals surface area contributed by atoms with Crippen LogP contribution in [0, 0.1) is 12.3 Å². The smallest absolute Gasteiger partial charge is 0.279 e. The lowest BCUT2D eigenvalue weighted by Crippen LogP contribution is -2.48. The second kappa shape index (κ2) is 10.4. The number of carbonyl (C=O) groups excluding carboxylic acids is 1. The molecule has 1 saturated heterocycles. The molecule has 0 N–H and O–H groups in total. The van der Waals surface area contributed by atoms with E-state index in [0.29, 0.717) is 16.3 Å². The van der Waals surface area contributed by atoms with Crippen molar-refractivity contribution in [2.24, 2.45) is 4.99 Å². The summed E-state index contributed by atoms with van der Waals surface area (Å²) in [5.41, 5.74) is 1.02. The van der Waals surface area contributed by atoms with Crippen LogP contribution < -0.4 is 14.3 Å². The standard InChI is InChI=1S/C25H27N3O6S2/c1-6-11-28-20-12-21(32-4)22(33-5)13-23(20)35-25(28)26-24(29)18-7-9-19(10-8-18)36(30,31)27-14-16(2)34-17(3)15-27/h1,7-10,12-13,16-17H,11,14-15H2,2-5H3. The zero-order valence-electron chi connectivity index (χ0n) is 20.4. The third kappa shape index (κ3) is 5.03. The molecule has 2 atom stereocenters. The van der Waals surface area contributed by atoms with Crippen molar-refractivity contribution in [1.82, 2.24) is 8.87 Å². The van der Waals surface area contributed by atoms with Gasteiger partial charge in [-0.1, -0.05) is 17.3 Å². The molecule has 1 aliphatic rings. The highest BCUT2D eigenvalue weighted by atomic mass is 32.2. The number of rotatable bonds is 6. The van der Waals surface area contributed by atoms with E-state index < -0.39 is 15.9 Å². The molecule has 36 heavy (non-hydrogen) atoms. The largest absolute Gasteiger partial charge is 0.493 e. The number of thiazole rings is 1. The van der Waals surface area contributed by atoms with Gasteiger partial charge in [-0.15, -0.1) is 6.42 Å². The minimum Gasteiger partial charge on any atom is -0.493 e. The van der Waals surface area contributed by atoms with Crippen molar-refractivity contribution in [2.75, 3.05) is 27.3 Å². The Bertz CT molecular complexity index is 1490. The molecule has 3 aromatic rings. The normalized spacial score (nSPS) is 19.2. The summed E-state index contributed by atoms with van der Waals surface area (Å²) < 4.78 is 46.6. The van der Waals surface area contributed by atoms with Gasteiger partial charge in [-0.05, 0) is 38.1 Å². The van der Waals surface area contributed by atoms with Gasteiger partial charge in [0, 0.05) is 30.8 Å². The lowest BCUT2D eigenvalue weighted by molar-refractivity contribution is -0.0440. The summed E-state index contributed by atoms with van der Waals surface area (Å²) in [6.07, 6.45) is 5.18. The summed E-state index contributed by atoms with van der Waals surface area (Å²) in [5, 5.41) is 0. The van der Waals surface area contributed by atoms with E-state index in [-0.39, 0.29) is 42.3 Å². The number of carbonyl (C=O) groups is 1. The first-order valence-electron chi connectivity index (χ1n) is 11.2. The van der Waals surface area contributed by atoms with E-state index in [2.05, 4.69) is 10.9 Å². The number of terminal acetylenes is 1. The van der Waals surface area contributed by atoms with Crippen molar-refractivity contribution in [2.45, 2.75) is 37.5 Å². The Morgan fingerprint density at radius 1 is 1.14 bits per heavy atom. The van der Waals surface area contributed by atoms with Crippen LogP contribution in [0.4, 0.5) is 0 Å². The van der Waals surface area contributed by atoms with Crippen LogP contribution in [0.25, 0.3) is 10.2 Å². The summed E-state index contributed by atoms with van der Waals surface area (Å²) in [5.74, 6) is 3.17. The van der Waals surface area contributed by atoms with Crippen LogP contribution in [0.1, 0.15) is 24.2 Å². The number of fused-ring (bicyclic) bond motifs is 1. The second-order valence-electron chi connectivity index (χ2n) is 8.37. The molecule has 1 aromatic heterocycles. The van der Waals surface area contributed by atoms with Crippen LogP contribution in [0.2, 0.25) is 0 Å². The van der Waals surface area contributed by atoms with E-state index in [0.717, 1.165) is 10.2 Å². The molecule has 11 heteroatoms. The summed E-state index contributed by atoms with van der Waals surface area (Å²) >= 11 is 1.29. The van der Waals surface area contributed by atoms with Crippen LogP contribution in [0.15, 0.2) is 46.3 Å². The minimum absolute atomic E-state index is 0.115. The fraction of sp³-hybridized carbons (Fsp3) is 0.360. The average molecular weight is 530 g/mol. The van der Waals surface area contributed by atoms with E-state index in [4.69, 9.17) is 20.6 Å². The molecule has 1 amide bonds. The van der Waals surface area contributed by atoms with E-state index >= 15 is 0 Å². The Labute approximate surface area is 214 Å². The van der Waals surface area contributed by atoms with Crippen molar-refractivity contribution >= 4 is 37.5 Å². The van der Waals surface area contributed by atoms with Gasteiger partial charge in [0.05, 0.1) is 48.1 Å². The number of benzene rings is 2. The van der Waals surface area contributed by atoms with Crippen molar-refractivity contribution in [3.8, 4) is 23.8 Å². The van der Waals surface area contributed by atoms with Gasteiger partial charge in [0.25, 0.3) is 5.91 Å². The van der Waals surface area contributed by atoms with Gasteiger partial charge in [-0.3, -0.25) is 4.79 Å². The van der Waals surface area contributed by atoms with E-state index in [1.54, 1.807) is 24.9 Å². The molecule has 1 fully saturated rings. The Hall–Kier alpha value is -3.17. The third-order valence-corrected chi connectivity index (χ3v) is 8.65. The summed E-state index contributed by atoms with van der Waals surface area (Å²) in [6, 6.07) is 9.40. The number of morpholine rings is 1. The topological polar surface area (TPSA) is 99.4 Å². The van der Waals surface area contributed by atoms with Gasteiger partial charge in [0.15, 0.2) is 16.3 Å². The molecule has 1 aliphatic heterocycles. The van der Waals surface area contributed by atoms with Crippen molar-refractivity contribution in [3.05, 3.63) is 46.8 Å². The number of amides is 1. The molecule has 2 heterocycles. The average Bonchev–Trinajstić information content (AvgIpc) is 3.18. The number of aromatic nitrogens is 1. The first-order chi connectivity index (χ1) is 17.2. The summed E-state index contributed by atoms with van der Waals surface area (Å²) in [4.78, 5) is 17.8. The zero-order valence-corrected chi connectivity index (χ0v) is 22.1. The first-order valence-corrected chi connectivity index (χ1v) is 13.5. The van der Waals surface area contributed by atoms with Gasteiger partial charge in [0.1, 0.15) is 0 Å². The molecule has 2 unspecified atom stereocenters. The van der Waals surface area contributed by atoms with Gasteiger partial charge >= 0.3 is 0 Å². The molecule has 0 spiro atoms. The van der Waals surface area contributed by atoms with E-state index in [1.807, 2.05) is 19.9 Å². The second-order valence-corrected chi connectivity index (χ2v) is 11.3. The summed E-state index contributed by atoms with van der Waals surface area (Å²) in [6.45, 7) is 4.44. The number of methoxy groups -OCH3 is 2. The zero-order chi connectivity index (χ0) is 26.0. The third-order valence-electron chi connectivity index (χ3n) is 5.76. The van der Waals surface area contributed by atoms with Crippen LogP contribution in [-0.2, 0) is 21.3 Å². The van der Waals surface area contributed by atoms with E-state index in [9.17, 15) is 13.2 Å². The molecule has 0 bridgehead atoms. The minimum atomic E-state index is -3.71. The van der Waals surface area contributed by atoms with Crippen LogP contribution in [0.3, 0.4) is 0 Å². The van der Waals surface area contributed by atoms with Crippen LogP contribution in [0.5, 0.6) is 11.5 Å². The highest BCUT2D eigenvalue weighted by Crippen LogP contribution is 2.33. The molecule has 2 aromatic carbocycles. The van der Waals surface area contributed by atoms with Crippen LogP contribution in [-0.4, -0.2) is 62.7 Å². The molecule has 190 valence electrons. The number of nitrogens with zero attached hydrogens (tertiary/aromatic N) is 3. The Morgan fingerprint density at radius 2 is 1.75 bits per heavy atom. The highest BCUT2D eigenvalue weighted by molar-refractivity contribution is 7.89. The van der Waals surface area contributed by atoms with Crippen molar-refractivity contribution in [1.29, 1.82) is 0 Å². The fourth-order valence-corrected chi connectivity index (χ4v) is 6.75. The predicted molar refractivity (Wildman–Crippen MR) is 137 cm³/mol. The van der Waals surface area contributed by atoms with Crippen molar-refractivity contribution in [3.63, 3.8) is 0 Å². The molecule has 0 aliphatic carbocycles. The predicted octanol–water partition coefficient (Wildman–Crippen LogP) is 2.89. The SMILES string of the molecule is C#CCn1c(=NC(=O)c2ccc(S(=O)(=O)N3CC(C)OC(C)C3)cc2)sc2cc(OC)c(OC)cc21. The number of ether oxygens (including phenoxy) is 3. The number of hydrogen-bond donors (Lipinski definition) is 0. The lowest BCUT2D eigenvalue weighted by atomic mass is 10.2. The van der Waals surface area contributed by atoms with Crippen LogP contribution >= 0.6 is 11.3 Å². The van der Waals surface area contributed by atoms with E-state index in [1.165, 1.54) is 39.9 Å². The Kier molecular flexibility index (Phi) is 7.51. The number of hydrogen-bond acceptors (Lipinski definition) is 7. The molecular formula is C25H27N3O6S2. The fourth-order valence-electron chi connectivity index (χ4n) is 4.12. The molecular weight excluding hydrogens is 502 g/mol. The maximum Gasteiger partial charge on any atom is 0.279 e. The Balaban J connectivity index is 1.67. The van der Waals surface area contributed by atoms with Gasteiger partial charge in [-0.2, -0.15) is 9.30 Å². The maximum absolute atomic E-state index is 13.1. The van der Waals surface area contributed by atoms with Gasteiger partial charge in [-0.25, -0.2) is 8.42 Å². The maximum atomic E-state index is 13.1. The lowest BCUT2D eigenvalue weighted by Gasteiger charge is -2.34. The monoisotopic (exact) mass is 529 g/mol. The highest BCUT2D eigenvalue weighted by Gasteiger charge is 2.32. The quantitative estimate of drug-likeness (QED) is 0.456. The molecule has 4 rings (SSSR count). The van der Waals surface area contributed by atoms with Crippen molar-refractivity contribution < 1.29 is 27.4 Å². The first kappa shape index (κ1) is 25.9. The molecule has 0 radical (unpaired) electrons. The van der Waals surface area contributed by atoms with Gasteiger partial charge in [0.2, 0.25) is 10.0 Å². The molecule has 9 nitrogen and oxygen atoms in total. The summed E-state index contributed by atoms with van der Waals surface area (Å²) in [7, 11) is -0.621.